The summed E-state index contributed by atoms with van der Waals surface area (Å²) < 4.78 is 8.24. The van der Waals surface area contributed by atoms with Gasteiger partial charge in [-0.3, -0.25) is 14.2 Å². The molecule has 0 aliphatic heterocycles. The molecule has 0 radical (unpaired) electrons. The second-order valence-corrected chi connectivity index (χ2v) is 8.36. The third kappa shape index (κ3) is 3.71. The zero-order valence-electron chi connectivity index (χ0n) is 15.8. The van der Waals surface area contributed by atoms with Gasteiger partial charge in [0.2, 0.25) is 5.91 Å². The van der Waals surface area contributed by atoms with E-state index >= 15 is 0 Å². The molecule has 1 aliphatic carbocycles. The van der Waals surface area contributed by atoms with Gasteiger partial charge in [-0.05, 0) is 52.6 Å². The normalized spacial score (nSPS) is 13.6. The minimum Gasteiger partial charge on any atom is -0.462 e. The van der Waals surface area contributed by atoms with E-state index in [2.05, 4.69) is 31.3 Å². The van der Waals surface area contributed by atoms with Crippen LogP contribution in [0.5, 0.6) is 0 Å². The molecule has 0 bridgehead atoms. The number of amides is 1. The van der Waals surface area contributed by atoms with Crippen molar-refractivity contribution in [1.29, 1.82) is 0 Å². The Bertz CT molecular complexity index is 1180. The number of esters is 1. The Labute approximate surface area is 177 Å². The van der Waals surface area contributed by atoms with Crippen LogP contribution in [0.3, 0.4) is 0 Å². The van der Waals surface area contributed by atoms with Crippen LogP contribution in [0.15, 0.2) is 21.1 Å². The summed E-state index contributed by atoms with van der Waals surface area (Å²) in [5.74, 6) is -0.526. The lowest BCUT2D eigenvalue weighted by atomic mass is 10.1. The quantitative estimate of drug-likeness (QED) is 0.544. The van der Waals surface area contributed by atoms with E-state index in [0.29, 0.717) is 32.1 Å². The lowest BCUT2D eigenvalue weighted by Crippen LogP contribution is -2.28. The topological polar surface area (TPSA) is 108 Å². The van der Waals surface area contributed by atoms with Crippen molar-refractivity contribution < 1.29 is 14.3 Å². The molecule has 0 aromatic carbocycles. The smallest absolute Gasteiger partial charge is 0.341 e. The monoisotopic (exact) mass is 479 g/mol. The summed E-state index contributed by atoms with van der Waals surface area (Å²) in [6.07, 6.45) is 3.36. The first-order chi connectivity index (χ1) is 13.9. The fraction of sp³-hybridized carbons (Fsp3) is 0.389. The highest BCUT2D eigenvalue weighted by Crippen LogP contribution is 2.46. The van der Waals surface area contributed by atoms with E-state index in [1.54, 1.807) is 14.0 Å². The molecule has 1 N–H and O–H groups in total. The second kappa shape index (κ2) is 7.71. The first-order valence-electron chi connectivity index (χ1n) is 9.06. The minimum absolute atomic E-state index is 0.234. The van der Waals surface area contributed by atoms with E-state index in [4.69, 9.17) is 4.74 Å². The summed E-state index contributed by atoms with van der Waals surface area (Å²) in [4.78, 5) is 41.9. The molecule has 152 valence electrons. The van der Waals surface area contributed by atoms with Gasteiger partial charge in [0.05, 0.1) is 12.2 Å². The lowest BCUT2D eigenvalue weighted by molar-refractivity contribution is -0.116. The van der Waals surface area contributed by atoms with Crippen molar-refractivity contribution in [3.05, 3.63) is 37.8 Å². The number of ether oxygens (including phenoxy) is 1. The zero-order chi connectivity index (χ0) is 20.7. The zero-order valence-corrected chi connectivity index (χ0v) is 18.2. The van der Waals surface area contributed by atoms with Crippen LogP contribution in [0.4, 0.5) is 5.00 Å². The van der Waals surface area contributed by atoms with Gasteiger partial charge in [0.1, 0.15) is 27.9 Å². The molecule has 0 unspecified atom stereocenters. The summed E-state index contributed by atoms with van der Waals surface area (Å²) in [7, 11) is 1.68. The van der Waals surface area contributed by atoms with E-state index in [-0.39, 0.29) is 18.7 Å². The van der Waals surface area contributed by atoms with Crippen molar-refractivity contribution in [3.8, 4) is 0 Å². The molecule has 1 amide bonds. The first kappa shape index (κ1) is 19.8. The van der Waals surface area contributed by atoms with Gasteiger partial charge < -0.3 is 10.1 Å². The summed E-state index contributed by atoms with van der Waals surface area (Å²) in [6, 6.07) is 0. The van der Waals surface area contributed by atoms with Crippen molar-refractivity contribution in [1.82, 2.24) is 19.3 Å². The standard InChI is InChI=1S/C18H18BrN5O4S/c1-3-28-18(27)12-10(9-4-5-9)7-29-16(12)21-11(25)6-24-8-20-15-13(17(24)26)14(19)22-23(15)2/h7-9H,3-6H2,1-2H3,(H,21,25). The Balaban J connectivity index is 1.59. The van der Waals surface area contributed by atoms with Crippen molar-refractivity contribution in [2.24, 2.45) is 7.05 Å². The average molecular weight is 480 g/mol. The van der Waals surface area contributed by atoms with Crippen molar-refractivity contribution >= 4 is 55.2 Å². The van der Waals surface area contributed by atoms with Gasteiger partial charge in [-0.1, -0.05) is 0 Å². The number of carbonyl (C=O) groups excluding carboxylic acids is 2. The number of carbonyl (C=O) groups is 2. The average Bonchev–Trinajstić information content (AvgIpc) is 3.36. The molecule has 9 nitrogen and oxygen atoms in total. The van der Waals surface area contributed by atoms with Gasteiger partial charge in [0.15, 0.2) is 5.65 Å². The molecular weight excluding hydrogens is 462 g/mol. The molecule has 1 aliphatic rings. The maximum Gasteiger partial charge on any atom is 0.341 e. The maximum atomic E-state index is 12.7. The molecule has 0 atom stereocenters. The third-order valence-corrected chi connectivity index (χ3v) is 6.12. The molecule has 1 fully saturated rings. The summed E-state index contributed by atoms with van der Waals surface area (Å²) in [5.41, 5.74) is 1.39. The number of nitrogens with zero attached hydrogens (tertiary/aromatic N) is 4. The number of halogens is 1. The van der Waals surface area contributed by atoms with Crippen LogP contribution in [0, 0.1) is 0 Å². The number of fused-ring (bicyclic) bond motifs is 1. The highest BCUT2D eigenvalue weighted by atomic mass is 79.9. The lowest BCUT2D eigenvalue weighted by Gasteiger charge is -2.09. The number of rotatable bonds is 6. The number of nitrogens with one attached hydrogen (secondary N) is 1. The number of thiophene rings is 1. The van der Waals surface area contributed by atoms with E-state index in [9.17, 15) is 14.4 Å². The second-order valence-electron chi connectivity index (χ2n) is 6.73. The maximum absolute atomic E-state index is 12.7. The van der Waals surface area contributed by atoms with Gasteiger partial charge in [0, 0.05) is 7.05 Å². The van der Waals surface area contributed by atoms with Crippen LogP contribution >= 0.6 is 27.3 Å². The Morgan fingerprint density at radius 3 is 2.86 bits per heavy atom. The van der Waals surface area contributed by atoms with Gasteiger partial charge in [-0.2, -0.15) is 5.10 Å². The van der Waals surface area contributed by atoms with E-state index in [0.717, 1.165) is 18.4 Å². The van der Waals surface area contributed by atoms with Crippen LogP contribution in [0.2, 0.25) is 0 Å². The summed E-state index contributed by atoms with van der Waals surface area (Å²) >= 11 is 4.54. The molecule has 3 aromatic heterocycles. The van der Waals surface area contributed by atoms with E-state index in [1.165, 1.54) is 26.9 Å². The first-order valence-corrected chi connectivity index (χ1v) is 10.7. The fourth-order valence-corrected chi connectivity index (χ4v) is 4.77. The predicted molar refractivity (Wildman–Crippen MR) is 111 cm³/mol. The molecular formula is C18H18BrN5O4S. The Kier molecular flexibility index (Phi) is 5.26. The number of hydrogen-bond donors (Lipinski definition) is 1. The molecule has 0 saturated heterocycles. The summed E-state index contributed by atoms with van der Waals surface area (Å²) in [6.45, 7) is 1.76. The van der Waals surface area contributed by atoms with Crippen molar-refractivity contribution in [2.75, 3.05) is 11.9 Å². The van der Waals surface area contributed by atoms with E-state index < -0.39 is 11.9 Å². The molecule has 0 spiro atoms. The van der Waals surface area contributed by atoms with Gasteiger partial charge in [-0.15, -0.1) is 11.3 Å². The van der Waals surface area contributed by atoms with Gasteiger partial charge >= 0.3 is 5.97 Å². The van der Waals surface area contributed by atoms with Crippen molar-refractivity contribution in [2.45, 2.75) is 32.2 Å². The number of hydrogen-bond acceptors (Lipinski definition) is 7. The molecule has 3 aromatic rings. The SMILES string of the molecule is CCOC(=O)c1c(C2CC2)csc1NC(=O)Cn1cnc2c(c(Br)nn2C)c1=O. The molecule has 11 heteroatoms. The number of anilines is 1. The molecule has 4 rings (SSSR count). The number of aryl methyl sites for hydroxylation is 1. The van der Waals surface area contributed by atoms with Gasteiger partial charge in [0.25, 0.3) is 5.56 Å². The predicted octanol–water partition coefficient (Wildman–Crippen LogP) is 2.65. The summed E-state index contributed by atoms with van der Waals surface area (Å²) in [5, 5.41) is 9.52. The van der Waals surface area contributed by atoms with Crippen LogP contribution in [-0.4, -0.2) is 37.8 Å². The van der Waals surface area contributed by atoms with Crippen molar-refractivity contribution in [3.63, 3.8) is 0 Å². The molecule has 3 heterocycles. The fourth-order valence-electron chi connectivity index (χ4n) is 3.14. The Hall–Kier alpha value is -2.53. The van der Waals surface area contributed by atoms with Crippen LogP contribution in [0.1, 0.15) is 41.6 Å². The molecule has 1 saturated carbocycles. The highest BCUT2D eigenvalue weighted by molar-refractivity contribution is 9.10. The van der Waals surface area contributed by atoms with Gasteiger partial charge in [-0.25, -0.2) is 14.5 Å². The third-order valence-electron chi connectivity index (χ3n) is 4.65. The molecule has 29 heavy (non-hydrogen) atoms. The van der Waals surface area contributed by atoms with Crippen LogP contribution in [0.25, 0.3) is 11.0 Å². The largest absolute Gasteiger partial charge is 0.462 e. The van der Waals surface area contributed by atoms with Crippen LogP contribution < -0.4 is 10.9 Å². The number of aromatic nitrogens is 4. The van der Waals surface area contributed by atoms with Crippen LogP contribution in [-0.2, 0) is 23.1 Å². The highest BCUT2D eigenvalue weighted by Gasteiger charge is 2.32. The minimum atomic E-state index is -0.439. The Morgan fingerprint density at radius 2 is 2.17 bits per heavy atom. The van der Waals surface area contributed by atoms with E-state index in [1.807, 2.05) is 5.38 Å². The Morgan fingerprint density at radius 1 is 1.41 bits per heavy atom.